The molecule has 2 aliphatic heterocycles. The Morgan fingerprint density at radius 1 is 1.57 bits per heavy atom. The smallest absolute Gasteiger partial charge is 0.330 e. The fourth-order valence-electron chi connectivity index (χ4n) is 2.64. The Morgan fingerprint density at radius 3 is 3.00 bits per heavy atom. The third-order valence-corrected chi connectivity index (χ3v) is 4.60. The van der Waals surface area contributed by atoms with Crippen LogP contribution >= 0.6 is 8.25 Å². The van der Waals surface area contributed by atoms with E-state index in [0.29, 0.717) is 0 Å². The summed E-state index contributed by atoms with van der Waals surface area (Å²) < 4.78 is 28.7. The molecular formula is C12H13N2O6P. The Hall–Kier alpha value is -1.65. The number of aromatic amines is 1. The van der Waals surface area contributed by atoms with Crippen LogP contribution in [0.3, 0.4) is 0 Å². The molecule has 0 spiro atoms. The van der Waals surface area contributed by atoms with Gasteiger partial charge in [0.2, 0.25) is 0 Å². The molecule has 2 saturated heterocycles. The lowest BCUT2D eigenvalue weighted by atomic mass is 9.83. The number of aromatic nitrogens is 2. The normalized spacial score (nSPS) is 38.7. The number of rotatable bonds is 1. The maximum Gasteiger partial charge on any atom is 0.330 e. The van der Waals surface area contributed by atoms with Gasteiger partial charge in [0.1, 0.15) is 17.6 Å². The second-order valence-corrected chi connectivity index (χ2v) is 6.10. The number of terminal acetylenes is 1. The van der Waals surface area contributed by atoms with Crippen molar-refractivity contribution in [1.82, 2.24) is 9.55 Å². The first kappa shape index (κ1) is 14.3. The number of nitrogens with zero attached hydrogens (tertiary/aromatic N) is 1. The van der Waals surface area contributed by atoms with Crippen molar-refractivity contribution >= 4 is 8.25 Å². The molecule has 2 aliphatic rings. The predicted molar refractivity (Wildman–Crippen MR) is 72.0 cm³/mol. The quantitative estimate of drug-likeness (QED) is 0.573. The Labute approximate surface area is 120 Å². The molecule has 0 bridgehead atoms. The number of H-pyrrole nitrogens is 1. The summed E-state index contributed by atoms with van der Waals surface area (Å²) in [6, 6.07) is 1.20. The molecule has 5 atom stereocenters. The Balaban J connectivity index is 2.07. The molecule has 3 heterocycles. The monoisotopic (exact) mass is 312 g/mol. The topological polar surface area (TPSA) is 99.6 Å². The first-order valence-electron chi connectivity index (χ1n) is 6.24. The van der Waals surface area contributed by atoms with Crippen LogP contribution < -0.4 is 11.2 Å². The lowest BCUT2D eigenvalue weighted by molar-refractivity contribution is -0.0565. The third-order valence-electron chi connectivity index (χ3n) is 3.75. The third kappa shape index (κ3) is 2.19. The number of ether oxygens (including phenoxy) is 1. The molecule has 0 radical (unpaired) electrons. The molecule has 2 fully saturated rings. The standard InChI is InChI=1S/C12H13N2O6P/c1-3-12(2)9-7(6-18-21(17)20-9)19-10(12)14-5-4-8(15)13-11(14)16/h1,4-5,7,9-10,21H,6H2,2H3,(H,13,15,16)/t7-,9?,10-,12-/m1/s1. The SMILES string of the molecule is C#C[C@]1(C)C2O[PH](=O)OC[C@H]2O[C@H]1n1ccc(=O)[nH]c1=O. The molecule has 0 amide bonds. The zero-order chi connectivity index (χ0) is 15.2. The van der Waals surface area contributed by atoms with Gasteiger partial charge >= 0.3 is 13.9 Å². The van der Waals surface area contributed by atoms with Gasteiger partial charge in [-0.2, -0.15) is 0 Å². The first-order valence-corrected chi connectivity index (χ1v) is 7.46. The van der Waals surface area contributed by atoms with E-state index in [4.69, 9.17) is 20.2 Å². The van der Waals surface area contributed by atoms with Crippen molar-refractivity contribution in [2.75, 3.05) is 6.61 Å². The predicted octanol–water partition coefficient (Wildman–Crippen LogP) is -0.121. The van der Waals surface area contributed by atoms with Gasteiger partial charge in [0.25, 0.3) is 5.56 Å². The van der Waals surface area contributed by atoms with Crippen LogP contribution in [0.15, 0.2) is 21.9 Å². The molecular weight excluding hydrogens is 299 g/mol. The van der Waals surface area contributed by atoms with Gasteiger partial charge in [-0.05, 0) is 6.92 Å². The van der Waals surface area contributed by atoms with Gasteiger partial charge in [-0.1, -0.05) is 5.92 Å². The molecule has 112 valence electrons. The van der Waals surface area contributed by atoms with Crippen LogP contribution in [0, 0.1) is 17.8 Å². The largest absolute Gasteiger partial charge is 0.348 e. The van der Waals surface area contributed by atoms with E-state index in [1.54, 1.807) is 6.92 Å². The van der Waals surface area contributed by atoms with Crippen LogP contribution in [-0.4, -0.2) is 28.4 Å². The van der Waals surface area contributed by atoms with Crippen LogP contribution in [0.25, 0.3) is 0 Å². The number of fused-ring (bicyclic) bond motifs is 1. The van der Waals surface area contributed by atoms with E-state index < -0.39 is 43.4 Å². The summed E-state index contributed by atoms with van der Waals surface area (Å²) in [7, 11) is -2.62. The second kappa shape index (κ2) is 4.97. The summed E-state index contributed by atoms with van der Waals surface area (Å²) in [6.07, 6.45) is 4.88. The molecule has 9 heteroatoms. The van der Waals surface area contributed by atoms with E-state index in [2.05, 4.69) is 10.9 Å². The number of hydrogen-bond acceptors (Lipinski definition) is 6. The maximum absolute atomic E-state index is 11.9. The van der Waals surface area contributed by atoms with Gasteiger partial charge in [-0.25, -0.2) is 4.79 Å². The Morgan fingerprint density at radius 2 is 2.33 bits per heavy atom. The molecule has 21 heavy (non-hydrogen) atoms. The van der Waals surface area contributed by atoms with Gasteiger partial charge in [0.15, 0.2) is 6.23 Å². The van der Waals surface area contributed by atoms with Crippen molar-refractivity contribution in [3.8, 4) is 12.3 Å². The van der Waals surface area contributed by atoms with Gasteiger partial charge in [0.05, 0.1) is 6.61 Å². The van der Waals surface area contributed by atoms with Crippen molar-refractivity contribution in [3.63, 3.8) is 0 Å². The average molecular weight is 312 g/mol. The van der Waals surface area contributed by atoms with Gasteiger partial charge < -0.3 is 13.8 Å². The highest BCUT2D eigenvalue weighted by Gasteiger charge is 2.57. The Kier molecular flexibility index (Phi) is 3.38. The average Bonchev–Trinajstić information content (AvgIpc) is 2.73. The van der Waals surface area contributed by atoms with E-state index in [1.807, 2.05) is 0 Å². The number of hydrogen-bond donors (Lipinski definition) is 1. The minimum atomic E-state index is -2.62. The van der Waals surface area contributed by atoms with E-state index in [9.17, 15) is 14.2 Å². The minimum Gasteiger partial charge on any atom is -0.348 e. The molecule has 0 saturated carbocycles. The first-order chi connectivity index (χ1) is 9.95. The summed E-state index contributed by atoms with van der Waals surface area (Å²) in [5.41, 5.74) is -2.17. The van der Waals surface area contributed by atoms with E-state index in [0.717, 1.165) is 0 Å². The summed E-state index contributed by atoms with van der Waals surface area (Å²) in [5, 5.41) is 0. The van der Waals surface area contributed by atoms with Crippen molar-refractivity contribution in [1.29, 1.82) is 0 Å². The molecule has 1 N–H and O–H groups in total. The summed E-state index contributed by atoms with van der Waals surface area (Å²) in [5.74, 6) is 2.57. The lowest BCUT2D eigenvalue weighted by Crippen LogP contribution is -2.42. The van der Waals surface area contributed by atoms with Crippen molar-refractivity contribution in [2.24, 2.45) is 5.41 Å². The van der Waals surface area contributed by atoms with Crippen molar-refractivity contribution < 1.29 is 18.3 Å². The molecule has 1 aromatic heterocycles. The van der Waals surface area contributed by atoms with Crippen LogP contribution in [0.5, 0.6) is 0 Å². The highest BCUT2D eigenvalue weighted by Crippen LogP contribution is 2.51. The van der Waals surface area contributed by atoms with E-state index in [1.165, 1.54) is 16.8 Å². The van der Waals surface area contributed by atoms with Crippen molar-refractivity contribution in [2.45, 2.75) is 25.4 Å². The molecule has 2 unspecified atom stereocenters. The molecule has 1 aromatic rings. The zero-order valence-corrected chi connectivity index (χ0v) is 12.1. The van der Waals surface area contributed by atoms with Crippen LogP contribution in [-0.2, 0) is 18.3 Å². The summed E-state index contributed by atoms with van der Waals surface area (Å²) in [4.78, 5) is 25.2. The zero-order valence-electron chi connectivity index (χ0n) is 11.1. The molecule has 3 rings (SSSR count). The highest BCUT2D eigenvalue weighted by atomic mass is 31.1. The summed E-state index contributed by atoms with van der Waals surface area (Å²) in [6.45, 7) is 1.76. The molecule has 8 nitrogen and oxygen atoms in total. The number of nitrogens with one attached hydrogen (secondary N) is 1. The fraction of sp³-hybridized carbons (Fsp3) is 0.500. The van der Waals surface area contributed by atoms with E-state index >= 15 is 0 Å². The summed E-state index contributed by atoms with van der Waals surface area (Å²) >= 11 is 0. The lowest BCUT2D eigenvalue weighted by Gasteiger charge is -2.32. The highest BCUT2D eigenvalue weighted by molar-refractivity contribution is 7.33. The Bertz CT molecular complexity index is 749. The fourth-order valence-corrected chi connectivity index (χ4v) is 3.61. The molecule has 0 aromatic carbocycles. The van der Waals surface area contributed by atoms with Gasteiger partial charge in [-0.3, -0.25) is 18.9 Å². The van der Waals surface area contributed by atoms with Gasteiger partial charge in [0, 0.05) is 12.3 Å². The van der Waals surface area contributed by atoms with Crippen LogP contribution in [0.2, 0.25) is 0 Å². The second-order valence-electron chi connectivity index (χ2n) is 5.07. The van der Waals surface area contributed by atoms with Crippen molar-refractivity contribution in [3.05, 3.63) is 33.1 Å². The maximum atomic E-state index is 11.9. The molecule has 0 aliphatic carbocycles. The van der Waals surface area contributed by atoms with Gasteiger partial charge in [-0.15, -0.1) is 6.42 Å². The van der Waals surface area contributed by atoms with Crippen LogP contribution in [0.4, 0.5) is 0 Å². The van der Waals surface area contributed by atoms with E-state index in [-0.39, 0.29) is 6.61 Å². The van der Waals surface area contributed by atoms with Crippen LogP contribution in [0.1, 0.15) is 13.2 Å². The minimum absolute atomic E-state index is 0.0777.